The predicted octanol–water partition coefficient (Wildman–Crippen LogP) is 8.45. The molecule has 0 bridgehead atoms. The van der Waals surface area contributed by atoms with Crippen LogP contribution in [0, 0.1) is 23.7 Å². The summed E-state index contributed by atoms with van der Waals surface area (Å²) in [6.45, 7) is 1.06. The zero-order valence-corrected chi connectivity index (χ0v) is 24.4. The lowest BCUT2D eigenvalue weighted by atomic mass is 9.67. The zero-order chi connectivity index (χ0) is 27.2. The molecule has 0 saturated heterocycles. The number of rotatable bonds is 4. The second-order valence-electron chi connectivity index (χ2n) is 13.6. The molecular weight excluding hydrogens is 496 g/mol. The molecule has 41 heavy (non-hydrogen) atoms. The molecule has 1 aromatic rings. The number of fused-ring (bicyclic) bond motifs is 4. The number of hydrogen-bond acceptors (Lipinski definition) is 2. The average Bonchev–Trinajstić information content (AvgIpc) is 3.40. The molecule has 2 nitrogen and oxygen atoms in total. The minimum Gasteiger partial charge on any atom is -0.363 e. The van der Waals surface area contributed by atoms with Gasteiger partial charge in [0.05, 0.1) is 6.04 Å². The molecule has 0 radical (unpaired) electrons. The first-order chi connectivity index (χ1) is 20.3. The summed E-state index contributed by atoms with van der Waals surface area (Å²) in [4.78, 5) is 2.99. The van der Waals surface area contributed by atoms with Gasteiger partial charge in [-0.05, 0) is 123 Å². The zero-order valence-electron chi connectivity index (χ0n) is 24.4. The molecule has 1 aromatic carbocycles. The standard InChI is InChI=1S/C39H44N2/c1-3-11-27(12-4-1)29-19-21-30(22-20-29)32-23-31(28-13-5-2-6-14-28)24-33(25-32)41-37-18-10-8-16-35(37)39-34-15-7-9-17-36(34)40-26-38(39)41/h1-5,7,11-13,15-16,19,30-34,36-37,40H,8-10,17-18,20-26H2. The highest BCUT2D eigenvalue weighted by atomic mass is 15.2. The van der Waals surface area contributed by atoms with E-state index >= 15 is 0 Å². The normalized spacial score (nSPS) is 35.9. The fourth-order valence-corrected chi connectivity index (χ4v) is 9.56. The average molecular weight is 541 g/mol. The number of nitrogens with zero attached hydrogens (tertiary/aromatic N) is 1. The largest absolute Gasteiger partial charge is 0.363 e. The molecule has 1 fully saturated rings. The van der Waals surface area contributed by atoms with Crippen LogP contribution in [0.5, 0.6) is 0 Å². The molecular formula is C39H44N2. The third-order valence-electron chi connectivity index (χ3n) is 11.4. The van der Waals surface area contributed by atoms with E-state index in [1.807, 2.05) is 6.08 Å². The van der Waals surface area contributed by atoms with E-state index in [1.165, 1.54) is 81.8 Å². The Bertz CT molecular complexity index is 1440. The lowest BCUT2D eigenvalue weighted by Crippen LogP contribution is -2.49. The Balaban J connectivity index is 1.12. The van der Waals surface area contributed by atoms with Gasteiger partial charge in [0.25, 0.3) is 0 Å². The van der Waals surface area contributed by atoms with Crippen molar-refractivity contribution in [2.24, 2.45) is 23.7 Å². The van der Waals surface area contributed by atoms with Gasteiger partial charge >= 0.3 is 0 Å². The van der Waals surface area contributed by atoms with Crippen molar-refractivity contribution in [1.29, 1.82) is 0 Å². The Kier molecular flexibility index (Phi) is 6.89. The number of nitrogens with one attached hydrogen (secondary N) is 1. The Morgan fingerprint density at radius 3 is 2.73 bits per heavy atom. The van der Waals surface area contributed by atoms with Crippen LogP contribution in [0.1, 0.15) is 76.2 Å². The lowest BCUT2D eigenvalue weighted by molar-refractivity contribution is 0.0878. The van der Waals surface area contributed by atoms with Crippen LogP contribution < -0.4 is 5.32 Å². The van der Waals surface area contributed by atoms with Crippen LogP contribution >= 0.6 is 0 Å². The summed E-state index contributed by atoms with van der Waals surface area (Å²) in [6, 6.07) is 12.9. The molecule has 1 N–H and O–H groups in total. The molecule has 1 saturated carbocycles. The number of allylic oxidation sites excluding steroid dienone is 8. The molecule has 8 rings (SSSR count). The fraction of sp³-hybridized carbons (Fsp3) is 0.487. The van der Waals surface area contributed by atoms with Gasteiger partial charge in [-0.2, -0.15) is 0 Å². The molecule has 2 heteroatoms. The SMILES string of the molecule is C1=C=C(C2CC(C3CC=C(c4ccccc4)CC3)CC(N3C4=C(C5=CCCCC53)C3C=CCCC3NC4)C2)C=CC=1. The molecule has 0 spiro atoms. The lowest BCUT2D eigenvalue weighted by Gasteiger charge is -2.47. The van der Waals surface area contributed by atoms with Gasteiger partial charge in [0, 0.05) is 35.8 Å². The van der Waals surface area contributed by atoms with E-state index in [-0.39, 0.29) is 0 Å². The monoisotopic (exact) mass is 540 g/mol. The molecule has 0 amide bonds. The minimum absolute atomic E-state index is 0.566. The molecule has 2 heterocycles. The highest BCUT2D eigenvalue weighted by Gasteiger charge is 2.48. The third-order valence-corrected chi connectivity index (χ3v) is 11.4. The maximum atomic E-state index is 4.01. The Morgan fingerprint density at radius 2 is 1.88 bits per heavy atom. The Hall–Kier alpha value is -3.02. The van der Waals surface area contributed by atoms with E-state index in [4.69, 9.17) is 0 Å². The van der Waals surface area contributed by atoms with Gasteiger partial charge in [-0.1, -0.05) is 72.2 Å². The van der Waals surface area contributed by atoms with Gasteiger partial charge in [-0.15, -0.1) is 0 Å². The van der Waals surface area contributed by atoms with Crippen molar-refractivity contribution in [3.63, 3.8) is 0 Å². The first kappa shape index (κ1) is 25.7. The number of benzene rings is 1. The fourth-order valence-electron chi connectivity index (χ4n) is 9.56. The topological polar surface area (TPSA) is 15.3 Å². The minimum atomic E-state index is 0.566. The Labute approximate surface area is 246 Å². The van der Waals surface area contributed by atoms with Crippen molar-refractivity contribution in [2.45, 2.75) is 88.8 Å². The van der Waals surface area contributed by atoms with Crippen LogP contribution in [0.2, 0.25) is 0 Å². The summed E-state index contributed by atoms with van der Waals surface area (Å²) in [5, 5.41) is 4.01. The van der Waals surface area contributed by atoms with Crippen LogP contribution in [-0.4, -0.2) is 29.6 Å². The van der Waals surface area contributed by atoms with Crippen LogP contribution in [0.4, 0.5) is 0 Å². The van der Waals surface area contributed by atoms with Crippen LogP contribution in [0.3, 0.4) is 0 Å². The van der Waals surface area contributed by atoms with E-state index in [1.54, 1.807) is 22.4 Å². The van der Waals surface area contributed by atoms with Gasteiger partial charge in [0.2, 0.25) is 0 Å². The highest BCUT2D eigenvalue weighted by Crippen LogP contribution is 2.52. The second kappa shape index (κ2) is 11.0. The first-order valence-electron chi connectivity index (χ1n) is 16.6. The maximum Gasteiger partial charge on any atom is 0.0543 e. The van der Waals surface area contributed by atoms with E-state index in [0.717, 1.165) is 18.4 Å². The highest BCUT2D eigenvalue weighted by molar-refractivity contribution is 5.66. The van der Waals surface area contributed by atoms with Crippen molar-refractivity contribution >= 4 is 5.57 Å². The first-order valence-corrected chi connectivity index (χ1v) is 16.6. The van der Waals surface area contributed by atoms with Crippen LogP contribution in [0.25, 0.3) is 5.57 Å². The molecule has 7 aliphatic rings. The van der Waals surface area contributed by atoms with Gasteiger partial charge in [0.1, 0.15) is 0 Å². The smallest absolute Gasteiger partial charge is 0.0543 e. The summed E-state index contributed by atoms with van der Waals surface area (Å²) >= 11 is 0. The maximum absolute atomic E-state index is 4.01. The van der Waals surface area contributed by atoms with E-state index in [2.05, 4.69) is 88.5 Å². The summed E-state index contributed by atoms with van der Waals surface area (Å²) in [5.74, 6) is 2.69. The van der Waals surface area contributed by atoms with Crippen molar-refractivity contribution in [3.8, 4) is 0 Å². The van der Waals surface area contributed by atoms with Crippen molar-refractivity contribution < 1.29 is 0 Å². The van der Waals surface area contributed by atoms with Gasteiger partial charge < -0.3 is 10.2 Å². The van der Waals surface area contributed by atoms with Crippen LogP contribution in [0.15, 0.2) is 107 Å². The van der Waals surface area contributed by atoms with Crippen molar-refractivity contribution in [2.75, 3.05) is 6.54 Å². The van der Waals surface area contributed by atoms with Gasteiger partial charge in [0.15, 0.2) is 0 Å². The molecule has 5 aliphatic carbocycles. The molecule has 0 aromatic heterocycles. The number of hydrogen-bond donors (Lipinski definition) is 1. The quantitative estimate of drug-likeness (QED) is 0.304. The molecule has 210 valence electrons. The molecule has 7 unspecified atom stereocenters. The van der Waals surface area contributed by atoms with Crippen LogP contribution in [-0.2, 0) is 0 Å². The van der Waals surface area contributed by atoms with E-state index in [9.17, 15) is 0 Å². The molecule has 7 atom stereocenters. The molecule has 2 aliphatic heterocycles. The van der Waals surface area contributed by atoms with Gasteiger partial charge in [-0.25, -0.2) is 0 Å². The Morgan fingerprint density at radius 1 is 0.927 bits per heavy atom. The van der Waals surface area contributed by atoms with E-state index < -0.39 is 0 Å². The summed E-state index contributed by atoms with van der Waals surface area (Å²) in [7, 11) is 0. The third kappa shape index (κ3) is 4.71. The van der Waals surface area contributed by atoms with Gasteiger partial charge in [-0.3, -0.25) is 0 Å². The summed E-state index contributed by atoms with van der Waals surface area (Å²) < 4.78 is 0. The van der Waals surface area contributed by atoms with Crippen molar-refractivity contribution in [1.82, 2.24) is 10.2 Å². The summed E-state index contributed by atoms with van der Waals surface area (Å²) in [5.41, 5.74) is 16.3. The predicted molar refractivity (Wildman–Crippen MR) is 169 cm³/mol. The van der Waals surface area contributed by atoms with E-state index in [0.29, 0.717) is 30.0 Å². The van der Waals surface area contributed by atoms with Crippen molar-refractivity contribution in [3.05, 3.63) is 112 Å². The second-order valence-corrected chi connectivity index (χ2v) is 13.6. The summed E-state index contributed by atoms with van der Waals surface area (Å²) in [6.07, 6.45) is 30.9.